The van der Waals surface area contributed by atoms with Gasteiger partial charge in [-0.1, -0.05) is 78.9 Å². The predicted octanol–water partition coefficient (Wildman–Crippen LogP) is 17.3. The number of para-hydroxylation sites is 3. The van der Waals surface area contributed by atoms with Gasteiger partial charge in [-0.2, -0.15) is 0 Å². The molecule has 0 N–H and O–H groups in total. The third-order valence-corrected chi connectivity index (χ3v) is 14.2. The van der Waals surface area contributed by atoms with Crippen molar-refractivity contribution in [1.29, 1.82) is 0 Å². The van der Waals surface area contributed by atoms with Crippen molar-refractivity contribution in [2.75, 3.05) is 0 Å². The van der Waals surface area contributed by atoms with Crippen molar-refractivity contribution in [2.45, 2.75) is 12.0 Å². The molecule has 0 bridgehead atoms. The van der Waals surface area contributed by atoms with Crippen molar-refractivity contribution < 1.29 is 26.8 Å². The molecule has 2 unspecified atom stereocenters. The molecule has 16 rings (SSSR count). The maximum Gasteiger partial charge on any atom is 0.147 e. The summed E-state index contributed by atoms with van der Waals surface area (Å²) in [6, 6.07) is 59.5. The van der Waals surface area contributed by atoms with Crippen LogP contribution >= 0.6 is 0 Å². The molecule has 1 aliphatic heterocycles. The molecule has 0 spiro atoms. The van der Waals surface area contributed by atoms with Crippen molar-refractivity contribution in [1.82, 2.24) is 0 Å². The summed E-state index contributed by atoms with van der Waals surface area (Å²) in [7, 11) is 0. The summed E-state index contributed by atoms with van der Waals surface area (Å²) in [6.07, 6.45) is 4.17. The largest absolute Gasteiger partial charge is 0.484 e. The minimum atomic E-state index is -0.162. The Labute approximate surface area is 374 Å². The molecule has 5 aromatic heterocycles. The molecule has 0 amide bonds. The lowest BCUT2D eigenvalue weighted by Gasteiger charge is -2.20. The molecule has 0 saturated heterocycles. The van der Waals surface area contributed by atoms with Gasteiger partial charge in [0.1, 0.15) is 67.9 Å². The molecule has 9 aromatic carbocycles. The van der Waals surface area contributed by atoms with Crippen molar-refractivity contribution >= 4 is 105 Å². The molecule has 0 radical (unpaired) electrons. The first-order valence-electron chi connectivity index (χ1n) is 22.3. The number of hydrogen-bond donors (Lipinski definition) is 0. The van der Waals surface area contributed by atoms with Crippen LogP contribution in [0.25, 0.3) is 138 Å². The topological polar surface area (TPSA) is 74.9 Å². The van der Waals surface area contributed by atoms with Gasteiger partial charge < -0.3 is 26.8 Å². The van der Waals surface area contributed by atoms with Gasteiger partial charge >= 0.3 is 0 Å². The normalized spacial score (nSPS) is 15.6. The Morgan fingerprint density at radius 1 is 0.333 bits per heavy atom. The predicted molar refractivity (Wildman–Crippen MR) is 263 cm³/mol. The van der Waals surface area contributed by atoms with Gasteiger partial charge in [0.2, 0.25) is 0 Å². The SMILES string of the molecule is C1=CC2c3ccccc3OC2c2c1oc1ccc(-c3cc(-c4ccc5oc6ccc7c8ccccc8oc7c6c5c4)cc(-c4ccc5oc6ccc7c8ccccc8oc7c6c5c4)c3)cc21. The van der Waals surface area contributed by atoms with Crippen LogP contribution in [0.1, 0.15) is 28.9 Å². The van der Waals surface area contributed by atoms with E-state index < -0.39 is 0 Å². The molecule has 1 aliphatic carbocycles. The number of fused-ring (bicyclic) bond motifs is 21. The van der Waals surface area contributed by atoms with Crippen LogP contribution in [0.15, 0.2) is 198 Å². The van der Waals surface area contributed by atoms with Crippen LogP contribution in [-0.2, 0) is 0 Å². The van der Waals surface area contributed by atoms with E-state index in [9.17, 15) is 0 Å². The van der Waals surface area contributed by atoms with Crippen LogP contribution in [0.2, 0.25) is 0 Å². The molecular weight excluding hydrogens is 817 g/mol. The average Bonchev–Trinajstić information content (AvgIpc) is 4.22. The Kier molecular flexibility index (Phi) is 6.57. The maximum atomic E-state index is 6.67. The van der Waals surface area contributed by atoms with E-state index in [0.717, 1.165) is 149 Å². The first-order chi connectivity index (χ1) is 32.6. The van der Waals surface area contributed by atoms with E-state index in [-0.39, 0.29) is 12.0 Å². The van der Waals surface area contributed by atoms with E-state index in [2.05, 4.69) is 152 Å². The second-order valence-corrected chi connectivity index (χ2v) is 17.8. The smallest absolute Gasteiger partial charge is 0.147 e. The first kappa shape index (κ1) is 34.7. The Morgan fingerprint density at radius 3 is 1.41 bits per heavy atom. The van der Waals surface area contributed by atoms with E-state index in [4.69, 9.17) is 26.8 Å². The fourth-order valence-electron chi connectivity index (χ4n) is 11.2. The van der Waals surface area contributed by atoms with Crippen LogP contribution < -0.4 is 4.74 Å². The minimum absolute atomic E-state index is 0.123. The number of furan rings is 5. The lowest BCUT2D eigenvalue weighted by Crippen LogP contribution is -2.11. The van der Waals surface area contributed by atoms with Crippen LogP contribution in [0.3, 0.4) is 0 Å². The van der Waals surface area contributed by atoms with Gasteiger partial charge in [0.15, 0.2) is 0 Å². The van der Waals surface area contributed by atoms with E-state index in [1.165, 1.54) is 5.56 Å². The summed E-state index contributed by atoms with van der Waals surface area (Å²) in [4.78, 5) is 0. The van der Waals surface area contributed by atoms with Gasteiger partial charge in [-0.3, -0.25) is 0 Å². The molecule has 0 fully saturated rings. The lowest BCUT2D eigenvalue weighted by atomic mass is 9.85. The van der Waals surface area contributed by atoms with Crippen molar-refractivity contribution in [3.63, 3.8) is 0 Å². The fourth-order valence-corrected chi connectivity index (χ4v) is 11.2. The second-order valence-electron chi connectivity index (χ2n) is 17.8. The van der Waals surface area contributed by atoms with Gasteiger partial charge in [-0.25, -0.2) is 0 Å². The average molecular weight is 849 g/mol. The molecule has 14 aromatic rings. The molecule has 0 saturated carbocycles. The Bertz CT molecular complexity index is 4260. The summed E-state index contributed by atoms with van der Waals surface area (Å²) in [6.45, 7) is 0. The lowest BCUT2D eigenvalue weighted by molar-refractivity contribution is 0.223. The van der Waals surface area contributed by atoms with Gasteiger partial charge in [0.25, 0.3) is 0 Å². The standard InChI is InChI=1S/C60H32O6/c1-4-10-46-37(7-1)40-16-22-52-55(58(40)64-46)43-28-31(13-19-49(43)61-52)34-25-35(32-14-20-50-44(29-32)56-53(62-50)23-17-41-38-8-2-5-11-47(38)65-59(41)56)27-36(26-34)33-15-21-51-45(30-33)57-54(63-51)24-18-42-39-9-3-6-12-48(39)66-60(42)57/h1-30,40,58H. The number of rotatable bonds is 3. The van der Waals surface area contributed by atoms with Crippen LogP contribution in [0.4, 0.5) is 0 Å². The zero-order valence-electron chi connectivity index (χ0n) is 34.9. The summed E-state index contributed by atoms with van der Waals surface area (Å²) in [5.74, 6) is 1.90. The highest BCUT2D eigenvalue weighted by Gasteiger charge is 2.39. The highest BCUT2D eigenvalue weighted by molar-refractivity contribution is 6.23. The Morgan fingerprint density at radius 2 is 0.818 bits per heavy atom. The number of ether oxygens (including phenoxy) is 1. The van der Waals surface area contributed by atoms with E-state index in [1.807, 2.05) is 30.3 Å². The molecule has 2 atom stereocenters. The van der Waals surface area contributed by atoms with Crippen molar-refractivity contribution in [3.05, 3.63) is 193 Å². The Balaban J connectivity index is 0.914. The quantitative estimate of drug-likeness (QED) is 0.176. The monoisotopic (exact) mass is 848 g/mol. The highest BCUT2D eigenvalue weighted by atomic mass is 16.5. The van der Waals surface area contributed by atoms with Crippen molar-refractivity contribution in [3.8, 4) is 39.1 Å². The number of benzene rings is 9. The van der Waals surface area contributed by atoms with Crippen molar-refractivity contribution in [2.24, 2.45) is 0 Å². The van der Waals surface area contributed by atoms with Gasteiger partial charge in [-0.05, 0) is 137 Å². The van der Waals surface area contributed by atoms with Crippen LogP contribution in [-0.4, -0.2) is 0 Å². The second kappa shape index (κ2) is 12.5. The van der Waals surface area contributed by atoms with Crippen LogP contribution in [0.5, 0.6) is 5.75 Å². The number of hydrogen-bond acceptors (Lipinski definition) is 6. The minimum Gasteiger partial charge on any atom is -0.484 e. The van der Waals surface area contributed by atoms with E-state index >= 15 is 0 Å². The highest BCUT2D eigenvalue weighted by Crippen LogP contribution is 2.53. The first-order valence-corrected chi connectivity index (χ1v) is 22.3. The van der Waals surface area contributed by atoms with E-state index in [0.29, 0.717) is 0 Å². The molecule has 308 valence electrons. The zero-order chi connectivity index (χ0) is 42.8. The zero-order valence-corrected chi connectivity index (χ0v) is 34.9. The summed E-state index contributed by atoms with van der Waals surface area (Å²) >= 11 is 0. The third kappa shape index (κ3) is 4.69. The van der Waals surface area contributed by atoms with Crippen LogP contribution in [0, 0.1) is 0 Å². The summed E-state index contributed by atoms with van der Waals surface area (Å²) in [5, 5.41) is 9.35. The maximum absolute atomic E-state index is 6.67. The molecule has 6 nitrogen and oxygen atoms in total. The summed E-state index contributed by atoms with van der Waals surface area (Å²) in [5.41, 5.74) is 16.2. The van der Waals surface area contributed by atoms with Gasteiger partial charge in [0.05, 0.1) is 10.8 Å². The third-order valence-electron chi connectivity index (χ3n) is 14.2. The molecule has 66 heavy (non-hydrogen) atoms. The summed E-state index contributed by atoms with van der Waals surface area (Å²) < 4.78 is 39.2. The Hall–Kier alpha value is -8.74. The van der Waals surface area contributed by atoms with Gasteiger partial charge in [0, 0.05) is 54.7 Å². The molecule has 6 heteroatoms. The molecular formula is C60H32O6. The van der Waals surface area contributed by atoms with Gasteiger partial charge in [-0.15, -0.1) is 0 Å². The molecule has 6 heterocycles. The fraction of sp³-hybridized carbons (Fsp3) is 0.0333. The molecule has 2 aliphatic rings. The van der Waals surface area contributed by atoms with E-state index in [1.54, 1.807) is 0 Å².